The molecule has 2 fully saturated rings. The van der Waals surface area contributed by atoms with Crippen LogP contribution in [0, 0.1) is 0 Å². The van der Waals surface area contributed by atoms with Gasteiger partial charge < -0.3 is 50.0 Å². The van der Waals surface area contributed by atoms with Crippen LogP contribution in [0.2, 0.25) is 0 Å². The molecule has 3 rings (SSSR count). The van der Waals surface area contributed by atoms with Crippen LogP contribution in [0.5, 0.6) is 0 Å². The third-order valence-electron chi connectivity index (χ3n) is 5.88. The average Bonchev–Trinajstić information content (AvgIpc) is 2.82. The van der Waals surface area contributed by atoms with Gasteiger partial charge in [0, 0.05) is 0 Å². The van der Waals surface area contributed by atoms with Crippen molar-refractivity contribution in [1.29, 1.82) is 0 Å². The molecule has 2 heterocycles. The van der Waals surface area contributed by atoms with Gasteiger partial charge in [-0.05, 0) is 18.6 Å². The summed E-state index contributed by atoms with van der Waals surface area (Å²) in [5.74, 6) is -0.387. The van der Waals surface area contributed by atoms with Crippen molar-refractivity contribution < 1.29 is 58.4 Å². The van der Waals surface area contributed by atoms with Crippen molar-refractivity contribution >= 4 is 9.84 Å². The summed E-state index contributed by atoms with van der Waals surface area (Å²) in [6, 6.07) is 7.69. The van der Waals surface area contributed by atoms with Gasteiger partial charge in [0.25, 0.3) is 0 Å². The lowest BCUT2D eigenvalue weighted by Crippen LogP contribution is -2.64. The van der Waals surface area contributed by atoms with Gasteiger partial charge in [-0.1, -0.05) is 18.2 Å². The minimum Gasteiger partial charge on any atom is -0.394 e. The summed E-state index contributed by atoms with van der Waals surface area (Å²) in [4.78, 5) is 0.0957. The Morgan fingerprint density at radius 3 is 1.97 bits per heavy atom. The van der Waals surface area contributed by atoms with Crippen LogP contribution < -0.4 is 0 Å². The Morgan fingerprint density at radius 2 is 1.36 bits per heavy atom. The molecule has 2 saturated heterocycles. The third-order valence-corrected chi connectivity index (χ3v) is 7.64. The first-order valence-electron chi connectivity index (χ1n) is 10.5. The van der Waals surface area contributed by atoms with Gasteiger partial charge in [0.15, 0.2) is 16.1 Å². The monoisotopic (exact) mass is 494 g/mol. The highest BCUT2D eigenvalue weighted by atomic mass is 32.2. The second-order valence-electron chi connectivity index (χ2n) is 8.10. The number of hydrogen-bond acceptors (Lipinski definition) is 12. The SMILES string of the molecule is O=S(=O)(CC[C@H]1O[C@H](CO)[C@@H](O[C@@H]2O[C@H](CO)[C@H](O)[C@H](O)[C@H]2O)[C@H](O)[C@H]1O)c1ccccc1. The van der Waals surface area contributed by atoms with Gasteiger partial charge in [-0.25, -0.2) is 8.42 Å². The summed E-state index contributed by atoms with van der Waals surface area (Å²) in [6.45, 7) is -1.38. The zero-order valence-electron chi connectivity index (χ0n) is 17.6. The minimum absolute atomic E-state index is 0.0957. The van der Waals surface area contributed by atoms with Crippen molar-refractivity contribution in [3.63, 3.8) is 0 Å². The molecule has 0 aromatic heterocycles. The Balaban J connectivity index is 1.67. The lowest BCUT2D eigenvalue weighted by Gasteiger charge is -2.46. The Morgan fingerprint density at radius 1 is 0.758 bits per heavy atom. The van der Waals surface area contributed by atoms with E-state index in [4.69, 9.17) is 14.2 Å². The summed E-state index contributed by atoms with van der Waals surface area (Å²) >= 11 is 0. The Labute approximate surface area is 190 Å². The number of ether oxygens (including phenoxy) is 3. The molecule has 1 aromatic carbocycles. The van der Waals surface area contributed by atoms with Gasteiger partial charge in [0.2, 0.25) is 0 Å². The van der Waals surface area contributed by atoms with Crippen molar-refractivity contribution in [2.75, 3.05) is 19.0 Å². The molecular weight excluding hydrogens is 464 g/mol. The van der Waals surface area contributed by atoms with Crippen LogP contribution in [0.3, 0.4) is 0 Å². The fraction of sp³-hybridized carbons (Fsp3) is 0.700. The molecule has 2 aliphatic rings. The van der Waals surface area contributed by atoms with Crippen LogP contribution in [0.15, 0.2) is 35.2 Å². The first-order chi connectivity index (χ1) is 15.6. The quantitative estimate of drug-likeness (QED) is 0.188. The molecule has 0 spiro atoms. The normalized spacial score (nSPS) is 40.0. The maximum atomic E-state index is 12.5. The molecule has 12 nitrogen and oxygen atoms in total. The van der Waals surface area contributed by atoms with Crippen LogP contribution in [0.1, 0.15) is 6.42 Å². The largest absolute Gasteiger partial charge is 0.394 e. The molecule has 0 amide bonds. The number of aliphatic hydroxyl groups excluding tert-OH is 7. The van der Waals surface area contributed by atoms with E-state index < -0.39 is 84.3 Å². The van der Waals surface area contributed by atoms with Crippen LogP contribution in [0.25, 0.3) is 0 Å². The maximum Gasteiger partial charge on any atom is 0.187 e. The summed E-state index contributed by atoms with van der Waals surface area (Å²) in [7, 11) is -3.68. The first kappa shape index (κ1) is 26.4. The molecule has 0 unspecified atom stereocenters. The van der Waals surface area contributed by atoms with E-state index in [0.717, 1.165) is 0 Å². The number of aliphatic hydroxyl groups is 7. The molecule has 33 heavy (non-hydrogen) atoms. The van der Waals surface area contributed by atoms with Gasteiger partial charge in [-0.3, -0.25) is 0 Å². The Hall–Kier alpha value is -1.23. The van der Waals surface area contributed by atoms with Crippen LogP contribution in [0.4, 0.5) is 0 Å². The fourth-order valence-electron chi connectivity index (χ4n) is 3.92. The van der Waals surface area contributed by atoms with E-state index in [0.29, 0.717) is 0 Å². The summed E-state index contributed by atoms with van der Waals surface area (Å²) in [6.07, 6.45) is -15.3. The Bertz CT molecular complexity index is 848. The highest BCUT2D eigenvalue weighted by Gasteiger charge is 2.50. The Kier molecular flexibility index (Phi) is 8.80. The summed E-state index contributed by atoms with van der Waals surface area (Å²) in [5.41, 5.74) is 0. The van der Waals surface area contributed by atoms with Crippen molar-refractivity contribution in [3.05, 3.63) is 30.3 Å². The molecule has 10 atom stereocenters. The number of hydrogen-bond donors (Lipinski definition) is 7. The van der Waals surface area contributed by atoms with Crippen molar-refractivity contribution in [2.45, 2.75) is 72.5 Å². The lowest BCUT2D eigenvalue weighted by atomic mass is 9.93. The molecule has 0 aliphatic carbocycles. The molecule has 188 valence electrons. The molecule has 0 radical (unpaired) electrons. The third kappa shape index (κ3) is 5.71. The first-order valence-corrected chi connectivity index (χ1v) is 12.1. The second kappa shape index (κ2) is 11.0. The van der Waals surface area contributed by atoms with E-state index >= 15 is 0 Å². The highest BCUT2D eigenvalue weighted by molar-refractivity contribution is 7.91. The second-order valence-corrected chi connectivity index (χ2v) is 10.2. The predicted octanol–water partition coefficient (Wildman–Crippen LogP) is -3.48. The topological polar surface area (TPSA) is 203 Å². The van der Waals surface area contributed by atoms with Crippen molar-refractivity contribution in [1.82, 2.24) is 0 Å². The van der Waals surface area contributed by atoms with Gasteiger partial charge >= 0.3 is 0 Å². The van der Waals surface area contributed by atoms with Crippen LogP contribution in [-0.2, 0) is 24.0 Å². The standard InChI is InChI=1S/C20H30O12S/c21-8-12-15(24)16(25)18(27)20(31-12)32-19-13(9-22)30-11(14(23)17(19)26)6-7-33(28,29)10-4-2-1-3-5-10/h1-5,11-27H,6-9H2/t11-,12-,13-,14+,15+,16+,17-,18-,19-,20+/m1/s1. The predicted molar refractivity (Wildman–Crippen MR) is 110 cm³/mol. The maximum absolute atomic E-state index is 12.5. The highest BCUT2D eigenvalue weighted by Crippen LogP contribution is 2.30. The van der Waals surface area contributed by atoms with E-state index in [1.165, 1.54) is 12.1 Å². The number of rotatable bonds is 8. The summed E-state index contributed by atoms with van der Waals surface area (Å²) in [5, 5.41) is 70.0. The van der Waals surface area contributed by atoms with E-state index in [-0.39, 0.29) is 17.1 Å². The lowest BCUT2D eigenvalue weighted by molar-refractivity contribution is -0.342. The van der Waals surface area contributed by atoms with Crippen LogP contribution in [-0.4, -0.2) is 124 Å². The van der Waals surface area contributed by atoms with Crippen molar-refractivity contribution in [3.8, 4) is 0 Å². The number of sulfone groups is 1. The molecule has 13 heteroatoms. The van der Waals surface area contributed by atoms with E-state index in [9.17, 15) is 44.2 Å². The smallest absolute Gasteiger partial charge is 0.187 e. The molecule has 1 aromatic rings. The van der Waals surface area contributed by atoms with Crippen molar-refractivity contribution in [2.24, 2.45) is 0 Å². The zero-order chi connectivity index (χ0) is 24.3. The molecule has 2 aliphatic heterocycles. The van der Waals surface area contributed by atoms with E-state index in [1.807, 2.05) is 0 Å². The van der Waals surface area contributed by atoms with Gasteiger partial charge in [-0.2, -0.15) is 0 Å². The van der Waals surface area contributed by atoms with E-state index in [2.05, 4.69) is 0 Å². The zero-order valence-corrected chi connectivity index (χ0v) is 18.4. The fourth-order valence-corrected chi connectivity index (χ4v) is 5.27. The average molecular weight is 495 g/mol. The molecule has 7 N–H and O–H groups in total. The summed E-state index contributed by atoms with van der Waals surface area (Å²) < 4.78 is 41.3. The van der Waals surface area contributed by atoms with Gasteiger partial charge in [0.1, 0.15) is 48.8 Å². The molecular formula is C20H30O12S. The van der Waals surface area contributed by atoms with Crippen LogP contribution >= 0.6 is 0 Å². The number of benzene rings is 1. The van der Waals surface area contributed by atoms with E-state index in [1.54, 1.807) is 18.2 Å². The molecule has 0 bridgehead atoms. The van der Waals surface area contributed by atoms with Gasteiger partial charge in [0.05, 0.1) is 30.0 Å². The molecule has 0 saturated carbocycles. The minimum atomic E-state index is -3.68. The van der Waals surface area contributed by atoms with Gasteiger partial charge in [-0.15, -0.1) is 0 Å².